The van der Waals surface area contributed by atoms with Gasteiger partial charge in [-0.2, -0.15) is 13.2 Å². The molecule has 0 aromatic carbocycles. The highest BCUT2D eigenvalue weighted by molar-refractivity contribution is 5.88. The Labute approximate surface area is 133 Å². The van der Waals surface area contributed by atoms with Gasteiger partial charge in [-0.1, -0.05) is 0 Å². The Bertz CT molecular complexity index is 542. The fourth-order valence-electron chi connectivity index (χ4n) is 2.68. The summed E-state index contributed by atoms with van der Waals surface area (Å²) in [5.41, 5.74) is 1.78. The van der Waals surface area contributed by atoms with E-state index in [1.54, 1.807) is 6.07 Å². The van der Waals surface area contributed by atoms with Crippen LogP contribution in [0.15, 0.2) is 12.1 Å². The molecule has 8 heteroatoms. The first-order valence-corrected chi connectivity index (χ1v) is 7.53. The van der Waals surface area contributed by atoms with Crippen LogP contribution < -0.4 is 5.32 Å². The molecule has 1 saturated heterocycles. The van der Waals surface area contributed by atoms with Crippen molar-refractivity contribution in [2.24, 2.45) is 0 Å². The van der Waals surface area contributed by atoms with Gasteiger partial charge in [0.25, 0.3) is 0 Å². The summed E-state index contributed by atoms with van der Waals surface area (Å²) >= 11 is 0. The van der Waals surface area contributed by atoms with Gasteiger partial charge in [-0.3, -0.25) is 10.2 Å². The summed E-state index contributed by atoms with van der Waals surface area (Å²) in [4.78, 5) is 19.4. The topological polar surface area (TPSA) is 48.5 Å². The van der Waals surface area contributed by atoms with Crippen molar-refractivity contribution in [3.63, 3.8) is 0 Å². The van der Waals surface area contributed by atoms with E-state index in [0.29, 0.717) is 25.3 Å². The normalized spacial score (nSPS) is 17.0. The number of nitrogens with zero attached hydrogens (tertiary/aromatic N) is 3. The summed E-state index contributed by atoms with van der Waals surface area (Å²) in [5.74, 6) is 0.462. The number of carbonyl (C=O) groups excluding carboxylic acids is 1. The number of hydrogen-bond donors (Lipinski definition) is 1. The fourth-order valence-corrected chi connectivity index (χ4v) is 2.68. The van der Waals surface area contributed by atoms with Gasteiger partial charge in [0.1, 0.15) is 5.82 Å². The number of urea groups is 1. The molecule has 2 amide bonds. The van der Waals surface area contributed by atoms with E-state index in [9.17, 15) is 18.0 Å². The number of alkyl halides is 3. The molecule has 1 aliphatic rings. The van der Waals surface area contributed by atoms with E-state index in [1.807, 2.05) is 19.9 Å². The molecular weight excluding hydrogens is 309 g/mol. The second kappa shape index (κ2) is 7.16. The van der Waals surface area contributed by atoms with E-state index in [2.05, 4.69) is 10.3 Å². The lowest BCUT2D eigenvalue weighted by molar-refractivity contribution is -0.145. The van der Waals surface area contributed by atoms with Gasteiger partial charge in [0.05, 0.1) is 6.54 Å². The zero-order valence-electron chi connectivity index (χ0n) is 13.3. The smallest absolute Gasteiger partial charge is 0.323 e. The Morgan fingerprint density at radius 3 is 2.61 bits per heavy atom. The Hall–Kier alpha value is -1.83. The van der Waals surface area contributed by atoms with Gasteiger partial charge in [-0.05, 0) is 38.0 Å². The van der Waals surface area contributed by atoms with Crippen molar-refractivity contribution in [2.45, 2.75) is 26.4 Å². The van der Waals surface area contributed by atoms with Crippen LogP contribution in [0, 0.1) is 13.8 Å². The third kappa shape index (κ3) is 5.70. The van der Waals surface area contributed by atoms with Gasteiger partial charge in [0.2, 0.25) is 0 Å². The van der Waals surface area contributed by atoms with Crippen molar-refractivity contribution in [3.05, 3.63) is 23.4 Å². The summed E-state index contributed by atoms with van der Waals surface area (Å²) < 4.78 is 37.3. The maximum Gasteiger partial charge on any atom is 0.401 e. The average molecular weight is 330 g/mol. The van der Waals surface area contributed by atoms with E-state index < -0.39 is 12.7 Å². The van der Waals surface area contributed by atoms with Crippen LogP contribution in [0.4, 0.5) is 23.8 Å². The predicted octanol–water partition coefficient (Wildman–Crippen LogP) is 2.80. The van der Waals surface area contributed by atoms with Crippen LogP contribution in [-0.2, 0) is 0 Å². The zero-order chi connectivity index (χ0) is 17.0. The second-order valence-electron chi connectivity index (χ2n) is 5.83. The van der Waals surface area contributed by atoms with E-state index in [4.69, 9.17) is 0 Å². The number of pyridine rings is 1. The molecule has 0 unspecified atom stereocenters. The molecule has 1 aromatic rings. The molecule has 1 N–H and O–H groups in total. The highest BCUT2D eigenvalue weighted by Gasteiger charge is 2.31. The monoisotopic (exact) mass is 330 g/mol. The van der Waals surface area contributed by atoms with Crippen molar-refractivity contribution in [1.29, 1.82) is 0 Å². The van der Waals surface area contributed by atoms with Crippen LogP contribution in [0.25, 0.3) is 0 Å². The van der Waals surface area contributed by atoms with Gasteiger partial charge in [-0.25, -0.2) is 9.78 Å². The molecule has 1 aliphatic heterocycles. The van der Waals surface area contributed by atoms with Crippen molar-refractivity contribution in [1.82, 2.24) is 14.8 Å². The number of carbonyl (C=O) groups is 1. The molecule has 0 saturated carbocycles. The minimum atomic E-state index is -4.21. The lowest BCUT2D eigenvalue weighted by atomic mass is 10.2. The highest BCUT2D eigenvalue weighted by Crippen LogP contribution is 2.18. The Kier molecular flexibility index (Phi) is 5.46. The molecule has 0 aliphatic carbocycles. The van der Waals surface area contributed by atoms with Gasteiger partial charge in [0.15, 0.2) is 0 Å². The maximum absolute atomic E-state index is 12.4. The summed E-state index contributed by atoms with van der Waals surface area (Å²) in [6, 6.07) is 3.34. The number of aryl methyl sites for hydroxylation is 2. The molecule has 0 atom stereocenters. The van der Waals surface area contributed by atoms with E-state index >= 15 is 0 Å². The van der Waals surface area contributed by atoms with Crippen LogP contribution in [0.5, 0.6) is 0 Å². The minimum absolute atomic E-state index is 0.215. The number of nitrogens with one attached hydrogen (secondary N) is 1. The molecule has 2 heterocycles. The molecule has 0 bridgehead atoms. The van der Waals surface area contributed by atoms with Gasteiger partial charge < -0.3 is 4.90 Å². The Morgan fingerprint density at radius 1 is 1.22 bits per heavy atom. The van der Waals surface area contributed by atoms with Crippen LogP contribution in [0.3, 0.4) is 0 Å². The highest BCUT2D eigenvalue weighted by atomic mass is 19.4. The maximum atomic E-state index is 12.4. The van der Waals surface area contributed by atoms with Crippen LogP contribution in [0.1, 0.15) is 17.7 Å². The number of amides is 2. The number of rotatable bonds is 2. The molecule has 1 fully saturated rings. The predicted molar refractivity (Wildman–Crippen MR) is 81.4 cm³/mol. The first-order chi connectivity index (χ1) is 10.7. The number of hydrogen-bond acceptors (Lipinski definition) is 3. The molecule has 128 valence electrons. The molecule has 1 aromatic heterocycles. The standard InChI is InChI=1S/C15H21F3N4O/c1-11-8-12(2)19-13(9-11)20-14(23)22-5-3-4-21(6-7-22)10-15(16,17)18/h8-9H,3-7,10H2,1-2H3,(H,19,20,23). The SMILES string of the molecule is Cc1cc(C)nc(NC(=O)N2CCCN(CC(F)(F)F)CC2)c1. The van der Waals surface area contributed by atoms with E-state index in [0.717, 1.165) is 11.3 Å². The summed E-state index contributed by atoms with van der Waals surface area (Å²) in [5, 5.41) is 2.72. The van der Waals surface area contributed by atoms with Crippen LogP contribution in [0.2, 0.25) is 0 Å². The van der Waals surface area contributed by atoms with Crippen molar-refractivity contribution in [2.75, 3.05) is 38.0 Å². The summed E-state index contributed by atoms with van der Waals surface area (Å²) in [6.07, 6.45) is -3.69. The number of halogens is 3. The zero-order valence-corrected chi connectivity index (χ0v) is 13.3. The molecule has 5 nitrogen and oxygen atoms in total. The van der Waals surface area contributed by atoms with Gasteiger partial charge >= 0.3 is 12.2 Å². The van der Waals surface area contributed by atoms with E-state index in [-0.39, 0.29) is 19.1 Å². The molecule has 23 heavy (non-hydrogen) atoms. The molecule has 0 radical (unpaired) electrons. The lowest BCUT2D eigenvalue weighted by Gasteiger charge is -2.23. The third-order valence-electron chi connectivity index (χ3n) is 3.61. The number of aromatic nitrogens is 1. The summed E-state index contributed by atoms with van der Waals surface area (Å²) in [7, 11) is 0. The summed E-state index contributed by atoms with van der Waals surface area (Å²) in [6.45, 7) is 4.08. The average Bonchev–Trinajstić information content (AvgIpc) is 2.61. The van der Waals surface area contributed by atoms with Gasteiger partial charge in [0, 0.05) is 31.9 Å². The van der Waals surface area contributed by atoms with Crippen LogP contribution >= 0.6 is 0 Å². The lowest BCUT2D eigenvalue weighted by Crippen LogP contribution is -2.40. The molecule has 0 spiro atoms. The molecule has 2 rings (SSSR count). The third-order valence-corrected chi connectivity index (χ3v) is 3.61. The van der Waals surface area contributed by atoms with Crippen LogP contribution in [-0.4, -0.2) is 59.7 Å². The quantitative estimate of drug-likeness (QED) is 0.907. The fraction of sp³-hybridized carbons (Fsp3) is 0.600. The Balaban J connectivity index is 1.92. The van der Waals surface area contributed by atoms with Crippen molar-refractivity contribution >= 4 is 11.8 Å². The van der Waals surface area contributed by atoms with Crippen molar-refractivity contribution < 1.29 is 18.0 Å². The first-order valence-electron chi connectivity index (χ1n) is 7.53. The largest absolute Gasteiger partial charge is 0.401 e. The van der Waals surface area contributed by atoms with E-state index in [1.165, 1.54) is 9.80 Å². The second-order valence-corrected chi connectivity index (χ2v) is 5.83. The minimum Gasteiger partial charge on any atom is -0.323 e. The first kappa shape index (κ1) is 17.5. The number of anilines is 1. The van der Waals surface area contributed by atoms with Gasteiger partial charge in [-0.15, -0.1) is 0 Å². The van der Waals surface area contributed by atoms with Crippen molar-refractivity contribution in [3.8, 4) is 0 Å². The molecular formula is C15H21F3N4O. The Morgan fingerprint density at radius 2 is 1.96 bits per heavy atom.